The molecule has 0 bridgehead atoms. The fourth-order valence-electron chi connectivity index (χ4n) is 4.27. The third kappa shape index (κ3) is 1.34. The zero-order valence-electron chi connectivity index (χ0n) is 14.5. The number of nitrogens with zero attached hydrogens (tertiary/aromatic N) is 2. The molecule has 4 heterocycles. The van der Waals surface area contributed by atoms with Gasteiger partial charge in [-0.15, -0.1) is 11.3 Å². The van der Waals surface area contributed by atoms with Crippen molar-refractivity contribution in [1.29, 1.82) is 0 Å². The van der Waals surface area contributed by atoms with Crippen LogP contribution in [0.4, 0.5) is 0 Å². The van der Waals surface area contributed by atoms with Crippen LogP contribution in [0.25, 0.3) is 16.2 Å². The number of fused-ring (bicyclic) bond motifs is 5. The summed E-state index contributed by atoms with van der Waals surface area (Å²) in [5.74, 6) is 1.37. The Balaban J connectivity index is 2.33. The summed E-state index contributed by atoms with van der Waals surface area (Å²) in [7, 11) is 0. The van der Waals surface area contributed by atoms with E-state index in [0.29, 0.717) is 0 Å². The average Bonchev–Trinajstić information content (AvgIpc) is 3.09. The molecule has 3 heteroatoms. The van der Waals surface area contributed by atoms with E-state index in [4.69, 9.17) is 0 Å². The summed E-state index contributed by atoms with van der Waals surface area (Å²) in [4.78, 5) is 1.43. The highest BCUT2D eigenvalue weighted by Gasteiger charge is 2.47. The molecule has 114 valence electrons. The lowest BCUT2D eigenvalue weighted by atomic mass is 9.96. The number of rotatable bonds is 0. The van der Waals surface area contributed by atoms with Crippen LogP contribution in [0.2, 0.25) is 0 Å². The largest absolute Gasteiger partial charge is 0.305 e. The summed E-state index contributed by atoms with van der Waals surface area (Å²) in [6.45, 7) is 16.0. The molecule has 22 heavy (non-hydrogen) atoms. The second kappa shape index (κ2) is 4.02. The number of hydrogen-bond donors (Lipinski definition) is 0. The highest BCUT2D eigenvalue weighted by molar-refractivity contribution is 7.13. The molecule has 2 nitrogen and oxygen atoms in total. The molecule has 3 aromatic heterocycles. The van der Waals surface area contributed by atoms with E-state index in [0.717, 1.165) is 0 Å². The molecular formula is C19H23N2S+. The molecule has 0 aromatic carbocycles. The smallest absolute Gasteiger partial charge is 0.217 e. The van der Waals surface area contributed by atoms with Gasteiger partial charge in [-0.2, -0.15) is 4.40 Å². The summed E-state index contributed by atoms with van der Waals surface area (Å²) in [6, 6.07) is 2.29. The quantitative estimate of drug-likeness (QED) is 0.537. The van der Waals surface area contributed by atoms with Gasteiger partial charge in [0.05, 0.1) is 0 Å². The van der Waals surface area contributed by atoms with Crippen molar-refractivity contribution in [1.82, 2.24) is 4.40 Å². The van der Waals surface area contributed by atoms with Crippen molar-refractivity contribution in [2.24, 2.45) is 0 Å². The Morgan fingerprint density at radius 2 is 1.68 bits per heavy atom. The van der Waals surface area contributed by atoms with Gasteiger partial charge in [0.1, 0.15) is 21.8 Å². The third-order valence-corrected chi connectivity index (χ3v) is 6.68. The van der Waals surface area contributed by atoms with Crippen LogP contribution in [-0.2, 0) is 5.54 Å². The van der Waals surface area contributed by atoms with Crippen LogP contribution in [0.15, 0.2) is 11.4 Å². The zero-order valence-corrected chi connectivity index (χ0v) is 15.3. The molecule has 0 radical (unpaired) electrons. The van der Waals surface area contributed by atoms with E-state index in [1.54, 1.807) is 0 Å². The molecule has 0 saturated carbocycles. The molecule has 0 aliphatic carbocycles. The number of thiophene rings is 1. The SMILES string of the molecule is Cc1c(C)c(C)n2c3[n+](c(C)c2c1C)C(C)(C)c1ccsc1-3. The first-order chi connectivity index (χ1) is 10.3. The fourth-order valence-corrected chi connectivity index (χ4v) is 5.34. The minimum absolute atomic E-state index is 0.0292. The van der Waals surface area contributed by atoms with Gasteiger partial charge in [-0.1, -0.05) is 0 Å². The monoisotopic (exact) mass is 311 g/mol. The van der Waals surface area contributed by atoms with Crippen molar-refractivity contribution < 1.29 is 4.57 Å². The van der Waals surface area contributed by atoms with Crippen molar-refractivity contribution >= 4 is 16.9 Å². The van der Waals surface area contributed by atoms with E-state index < -0.39 is 0 Å². The summed E-state index contributed by atoms with van der Waals surface area (Å²) >= 11 is 1.87. The Bertz CT molecular complexity index is 954. The Morgan fingerprint density at radius 1 is 1.00 bits per heavy atom. The Hall–Kier alpha value is -1.61. The molecule has 4 rings (SSSR count). The summed E-state index contributed by atoms with van der Waals surface area (Å²) in [5.41, 5.74) is 9.88. The molecule has 0 N–H and O–H groups in total. The molecule has 0 unspecified atom stereocenters. The first-order valence-electron chi connectivity index (χ1n) is 7.90. The Kier molecular flexibility index (Phi) is 2.56. The number of pyridine rings is 1. The molecule has 0 saturated heterocycles. The number of aryl methyl sites for hydroxylation is 3. The van der Waals surface area contributed by atoms with Gasteiger partial charge >= 0.3 is 5.82 Å². The van der Waals surface area contributed by atoms with Gasteiger partial charge in [0.2, 0.25) is 0 Å². The van der Waals surface area contributed by atoms with Gasteiger partial charge in [-0.25, -0.2) is 4.57 Å². The second-order valence-corrected chi connectivity index (χ2v) is 8.03. The van der Waals surface area contributed by atoms with E-state index in [1.807, 2.05) is 11.3 Å². The number of aromatic nitrogens is 2. The van der Waals surface area contributed by atoms with Crippen molar-refractivity contribution in [2.45, 2.75) is 54.0 Å². The van der Waals surface area contributed by atoms with E-state index in [-0.39, 0.29) is 5.54 Å². The van der Waals surface area contributed by atoms with Crippen LogP contribution in [0.5, 0.6) is 0 Å². The van der Waals surface area contributed by atoms with Gasteiger partial charge in [0.15, 0.2) is 5.52 Å². The van der Waals surface area contributed by atoms with Gasteiger partial charge in [0, 0.05) is 18.1 Å². The molecular weight excluding hydrogens is 288 g/mol. The average molecular weight is 311 g/mol. The highest BCUT2D eigenvalue weighted by Crippen LogP contribution is 2.44. The number of imidazole rings is 1. The minimum atomic E-state index is 0.0292. The Morgan fingerprint density at radius 3 is 2.36 bits per heavy atom. The second-order valence-electron chi connectivity index (χ2n) is 7.11. The van der Waals surface area contributed by atoms with Crippen LogP contribution in [0.1, 0.15) is 47.5 Å². The van der Waals surface area contributed by atoms with Gasteiger partial charge in [-0.05, 0) is 64.1 Å². The lowest BCUT2D eigenvalue weighted by Crippen LogP contribution is -2.51. The predicted molar refractivity (Wildman–Crippen MR) is 93.0 cm³/mol. The predicted octanol–water partition coefficient (Wildman–Crippen LogP) is 4.59. The normalized spacial score (nSPS) is 15.4. The molecule has 1 aliphatic rings. The summed E-state index contributed by atoms with van der Waals surface area (Å²) in [5, 5.41) is 2.23. The summed E-state index contributed by atoms with van der Waals surface area (Å²) < 4.78 is 5.04. The maximum Gasteiger partial charge on any atom is 0.305 e. The van der Waals surface area contributed by atoms with Gasteiger partial charge in [0.25, 0.3) is 0 Å². The maximum absolute atomic E-state index is 2.54. The topological polar surface area (TPSA) is 8.29 Å². The highest BCUT2D eigenvalue weighted by atomic mass is 32.1. The molecule has 0 atom stereocenters. The fraction of sp³-hybridized carbons (Fsp3) is 0.421. The first kappa shape index (κ1) is 14.0. The number of hydrogen-bond acceptors (Lipinski definition) is 1. The van der Waals surface area contributed by atoms with Crippen molar-refractivity contribution in [3.8, 4) is 10.7 Å². The maximum atomic E-state index is 2.54. The van der Waals surface area contributed by atoms with E-state index >= 15 is 0 Å². The van der Waals surface area contributed by atoms with E-state index in [9.17, 15) is 0 Å². The molecule has 0 spiro atoms. The minimum Gasteiger partial charge on any atom is -0.217 e. The standard InChI is InChI=1S/C19H23N2S/c1-10-11(2)13(4)20-16(12(10)3)14(5)21-18(20)17-15(8-9-22-17)19(21,6)7/h8-9H,1-7H3/q+1. The van der Waals surface area contributed by atoms with Crippen molar-refractivity contribution in [3.63, 3.8) is 0 Å². The van der Waals surface area contributed by atoms with Crippen molar-refractivity contribution in [3.05, 3.63) is 45.1 Å². The molecule has 0 amide bonds. The van der Waals surface area contributed by atoms with Crippen LogP contribution in [0, 0.1) is 34.6 Å². The zero-order chi connectivity index (χ0) is 16.0. The Labute approximate surface area is 136 Å². The first-order valence-corrected chi connectivity index (χ1v) is 8.78. The van der Waals surface area contributed by atoms with E-state index in [2.05, 4.69) is 68.9 Å². The molecule has 3 aromatic rings. The van der Waals surface area contributed by atoms with Crippen LogP contribution in [-0.4, -0.2) is 4.40 Å². The van der Waals surface area contributed by atoms with Crippen LogP contribution < -0.4 is 4.57 Å². The van der Waals surface area contributed by atoms with Gasteiger partial charge in [-0.3, -0.25) is 0 Å². The van der Waals surface area contributed by atoms with Crippen LogP contribution in [0.3, 0.4) is 0 Å². The third-order valence-electron chi connectivity index (χ3n) is 5.77. The van der Waals surface area contributed by atoms with E-state index in [1.165, 1.54) is 49.9 Å². The molecule has 0 fully saturated rings. The summed E-state index contributed by atoms with van der Waals surface area (Å²) in [6.07, 6.45) is 0. The lowest BCUT2D eigenvalue weighted by Gasteiger charge is -2.17. The van der Waals surface area contributed by atoms with Gasteiger partial charge < -0.3 is 0 Å². The lowest BCUT2D eigenvalue weighted by molar-refractivity contribution is -0.735. The van der Waals surface area contributed by atoms with Crippen molar-refractivity contribution in [2.75, 3.05) is 0 Å². The molecule has 1 aliphatic heterocycles. The van der Waals surface area contributed by atoms with Crippen LogP contribution >= 0.6 is 11.3 Å².